The molecule has 0 radical (unpaired) electrons. The third kappa shape index (κ3) is 3.69. The zero-order valence-corrected chi connectivity index (χ0v) is 17.8. The van der Waals surface area contributed by atoms with Crippen LogP contribution in [0.25, 0.3) is 11.1 Å². The van der Waals surface area contributed by atoms with E-state index < -0.39 is 47.6 Å². The average Bonchev–Trinajstić information content (AvgIpc) is 2.99. The smallest absolute Gasteiger partial charge is 0.416 e. The number of rotatable bonds is 4. The van der Waals surface area contributed by atoms with Crippen LogP contribution in [0.1, 0.15) is 34.8 Å². The summed E-state index contributed by atoms with van der Waals surface area (Å²) in [6, 6.07) is 13.3. The largest absolute Gasteiger partial charge is 0.484 e. The van der Waals surface area contributed by atoms with E-state index in [9.17, 15) is 27.9 Å². The number of carbonyl (C=O) groups excluding carboxylic acids is 1. The van der Waals surface area contributed by atoms with Crippen molar-refractivity contribution in [3.05, 3.63) is 82.9 Å². The van der Waals surface area contributed by atoms with Gasteiger partial charge in [-0.05, 0) is 35.4 Å². The van der Waals surface area contributed by atoms with Crippen LogP contribution in [0.15, 0.2) is 60.7 Å². The van der Waals surface area contributed by atoms with E-state index in [4.69, 9.17) is 4.74 Å². The first-order valence-corrected chi connectivity index (χ1v) is 10.5. The number of anilines is 1. The topological polar surface area (TPSA) is 66.8 Å². The fraction of sp³-hybridized carbons (Fsp3) is 0.200. The number of fused-ring (bicyclic) bond motifs is 5. The lowest BCUT2D eigenvalue weighted by Gasteiger charge is -2.30. The van der Waals surface area contributed by atoms with Crippen molar-refractivity contribution < 1.29 is 41.4 Å². The Morgan fingerprint density at radius 3 is 2.34 bits per heavy atom. The molecule has 3 aromatic carbocycles. The summed E-state index contributed by atoms with van der Waals surface area (Å²) in [5.41, 5.74) is -0.740. The van der Waals surface area contributed by atoms with Gasteiger partial charge in [0.2, 0.25) is 0 Å². The molecule has 1 amide bonds. The number of benzene rings is 3. The van der Waals surface area contributed by atoms with Crippen LogP contribution in [0.5, 0.6) is 5.75 Å². The summed E-state index contributed by atoms with van der Waals surface area (Å²) >= 11 is 0. The molecule has 0 aliphatic carbocycles. The van der Waals surface area contributed by atoms with E-state index in [0.717, 1.165) is 29.2 Å². The minimum absolute atomic E-state index is 0.0862. The van der Waals surface area contributed by atoms with Crippen molar-refractivity contribution in [3.8, 4) is 16.9 Å². The highest BCUT2D eigenvalue weighted by molar-refractivity contribution is 6.07. The number of nitrogens with zero attached hydrogens (tertiary/aromatic N) is 1. The highest BCUT2D eigenvalue weighted by Crippen LogP contribution is 2.54. The molecular weight excluding hydrogens is 473 g/mol. The van der Waals surface area contributed by atoms with Gasteiger partial charge < -0.3 is 14.7 Å². The van der Waals surface area contributed by atoms with Gasteiger partial charge in [0.15, 0.2) is 0 Å². The number of ether oxygens (including phenoxy) is 1. The van der Waals surface area contributed by atoms with Crippen LogP contribution in [-0.4, -0.2) is 17.0 Å². The van der Waals surface area contributed by atoms with Gasteiger partial charge in [-0.3, -0.25) is 9.59 Å². The molecule has 3 aromatic rings. The molecule has 2 heterocycles. The van der Waals surface area contributed by atoms with Crippen LogP contribution in [0.2, 0.25) is 0 Å². The van der Waals surface area contributed by atoms with Gasteiger partial charge >= 0.3 is 24.0 Å². The van der Waals surface area contributed by atoms with Gasteiger partial charge in [-0.25, -0.2) is 0 Å². The fourth-order valence-electron chi connectivity index (χ4n) is 4.56. The first-order valence-electron chi connectivity index (χ1n) is 10.5. The van der Waals surface area contributed by atoms with E-state index in [1.807, 2.05) is 0 Å². The Labute approximate surface area is 195 Å². The number of carboxylic acids is 1. The van der Waals surface area contributed by atoms with Gasteiger partial charge in [-0.2, -0.15) is 22.0 Å². The highest BCUT2D eigenvalue weighted by atomic mass is 19.4. The van der Waals surface area contributed by atoms with E-state index in [-0.39, 0.29) is 23.4 Å². The van der Waals surface area contributed by atoms with Crippen LogP contribution in [0, 0.1) is 0 Å². The van der Waals surface area contributed by atoms with Crippen LogP contribution < -0.4 is 9.64 Å². The minimum atomic E-state index is -4.56. The number of carbonyl (C=O) groups is 2. The molecule has 0 spiro atoms. The Balaban J connectivity index is 1.62. The number of amides is 1. The lowest BCUT2D eigenvalue weighted by molar-refractivity contribution is -0.142. The Kier molecular flexibility index (Phi) is 5.08. The van der Waals surface area contributed by atoms with Gasteiger partial charge in [-0.1, -0.05) is 36.4 Å². The predicted octanol–water partition coefficient (Wildman–Crippen LogP) is 5.92. The molecule has 5 rings (SSSR count). The van der Waals surface area contributed by atoms with Gasteiger partial charge in [0.25, 0.3) is 0 Å². The maximum Gasteiger partial charge on any atom is 0.416 e. The van der Waals surface area contributed by atoms with Crippen molar-refractivity contribution in [1.82, 2.24) is 0 Å². The van der Waals surface area contributed by atoms with Crippen molar-refractivity contribution in [2.24, 2.45) is 0 Å². The third-order valence-corrected chi connectivity index (χ3v) is 6.09. The molecule has 2 aliphatic heterocycles. The minimum Gasteiger partial charge on any atom is -0.484 e. The molecule has 1 unspecified atom stereocenters. The second-order valence-corrected chi connectivity index (χ2v) is 8.28. The number of aliphatic carboxylic acids is 1. The normalized spacial score (nSPS) is 17.9. The quantitative estimate of drug-likeness (QED) is 0.462. The lowest BCUT2D eigenvalue weighted by Crippen LogP contribution is -2.34. The van der Waals surface area contributed by atoms with E-state index in [0.29, 0.717) is 16.9 Å². The van der Waals surface area contributed by atoms with Crippen molar-refractivity contribution in [1.29, 1.82) is 0 Å². The molecule has 1 N–H and O–H groups in total. The number of halogens is 5. The Bertz CT molecular complexity index is 1350. The van der Waals surface area contributed by atoms with E-state index >= 15 is 8.78 Å². The Morgan fingerprint density at radius 1 is 1.00 bits per heavy atom. The van der Waals surface area contributed by atoms with Gasteiger partial charge in [0, 0.05) is 11.1 Å². The lowest BCUT2D eigenvalue weighted by atomic mass is 9.86. The molecule has 10 heteroatoms. The first-order chi connectivity index (χ1) is 16.5. The summed E-state index contributed by atoms with van der Waals surface area (Å²) in [7, 11) is 0. The van der Waals surface area contributed by atoms with E-state index in [1.165, 1.54) is 12.1 Å². The molecule has 35 heavy (non-hydrogen) atoms. The molecule has 0 bridgehead atoms. The highest BCUT2D eigenvalue weighted by Gasteiger charge is 2.56. The van der Waals surface area contributed by atoms with Crippen molar-refractivity contribution in [2.75, 3.05) is 4.90 Å². The summed E-state index contributed by atoms with van der Waals surface area (Å²) in [5.74, 6) is -6.47. The third-order valence-electron chi connectivity index (χ3n) is 6.09. The molecule has 0 saturated heterocycles. The maximum absolute atomic E-state index is 15.4. The molecule has 2 aliphatic rings. The first kappa shape index (κ1) is 22.8. The maximum atomic E-state index is 15.4. The molecular formula is C25H16F5NO4. The second-order valence-electron chi connectivity index (χ2n) is 8.28. The number of hydrogen-bond donors (Lipinski definition) is 1. The second kappa shape index (κ2) is 7.79. The van der Waals surface area contributed by atoms with Gasteiger partial charge in [-0.15, -0.1) is 0 Å². The summed E-state index contributed by atoms with van der Waals surface area (Å²) in [6.45, 7) is -0.389. The number of para-hydroxylation sites is 1. The molecule has 1 atom stereocenters. The van der Waals surface area contributed by atoms with Crippen molar-refractivity contribution >= 4 is 17.6 Å². The Morgan fingerprint density at radius 2 is 1.69 bits per heavy atom. The van der Waals surface area contributed by atoms with Crippen molar-refractivity contribution in [3.63, 3.8) is 0 Å². The number of alkyl halides is 5. The van der Waals surface area contributed by atoms with E-state index in [2.05, 4.69) is 0 Å². The molecule has 0 fully saturated rings. The summed E-state index contributed by atoms with van der Waals surface area (Å²) in [4.78, 5) is 25.1. The van der Waals surface area contributed by atoms with Crippen LogP contribution >= 0.6 is 0 Å². The predicted molar refractivity (Wildman–Crippen MR) is 114 cm³/mol. The SMILES string of the molecule is O=C(O)CC1Oc2ccccc2-c2ccc3c(c21)C(F)(F)C(=O)N3Cc1ccc(C(F)(F)F)cc1. The van der Waals surface area contributed by atoms with Crippen LogP contribution in [0.4, 0.5) is 27.6 Å². The number of hydrogen-bond acceptors (Lipinski definition) is 3. The standard InChI is InChI=1S/C25H16F5NO4/c26-24(27)22-17(31(23(24)34)12-13-5-7-14(8-6-13)25(28,29)30)10-9-16-15-3-1-2-4-18(15)35-19(21(16)22)11-20(32)33/h1-10,19H,11-12H2,(H,32,33). The average molecular weight is 489 g/mol. The van der Waals surface area contributed by atoms with Crippen LogP contribution in [0.3, 0.4) is 0 Å². The van der Waals surface area contributed by atoms with Crippen molar-refractivity contribution in [2.45, 2.75) is 31.2 Å². The fourth-order valence-corrected chi connectivity index (χ4v) is 4.56. The molecule has 180 valence electrons. The zero-order valence-electron chi connectivity index (χ0n) is 17.8. The van der Waals surface area contributed by atoms with Crippen LogP contribution in [-0.2, 0) is 28.2 Å². The molecule has 0 saturated carbocycles. The zero-order chi connectivity index (χ0) is 25.1. The van der Waals surface area contributed by atoms with E-state index in [1.54, 1.807) is 24.3 Å². The van der Waals surface area contributed by atoms with Gasteiger partial charge in [0.1, 0.15) is 11.9 Å². The Hall–Kier alpha value is -3.95. The number of carboxylic acid groups (broad SMARTS) is 1. The summed E-state index contributed by atoms with van der Waals surface area (Å²) in [6.07, 6.45) is -6.44. The molecule has 0 aromatic heterocycles. The summed E-state index contributed by atoms with van der Waals surface area (Å²) in [5, 5.41) is 9.37. The monoisotopic (exact) mass is 489 g/mol. The summed E-state index contributed by atoms with van der Waals surface area (Å²) < 4.78 is 75.2. The molecule has 5 nitrogen and oxygen atoms in total. The van der Waals surface area contributed by atoms with Gasteiger partial charge in [0.05, 0.1) is 29.8 Å².